The minimum absolute atomic E-state index is 0.0371. The molecule has 0 spiro atoms. The van der Waals surface area contributed by atoms with Crippen LogP contribution in [0.3, 0.4) is 0 Å². The molecule has 1 saturated heterocycles. The molecule has 1 aliphatic rings. The van der Waals surface area contributed by atoms with Crippen molar-refractivity contribution in [2.24, 2.45) is 5.10 Å². The van der Waals surface area contributed by atoms with Crippen LogP contribution in [0.2, 0.25) is 0 Å². The molecule has 0 unspecified atom stereocenters. The van der Waals surface area contributed by atoms with Crippen LogP contribution in [0.4, 0.5) is 0 Å². The van der Waals surface area contributed by atoms with Crippen molar-refractivity contribution in [2.75, 3.05) is 19.8 Å². The molecule has 0 bridgehead atoms. The van der Waals surface area contributed by atoms with E-state index in [2.05, 4.69) is 15.8 Å². The molecule has 0 aliphatic carbocycles. The maximum Gasteiger partial charge on any atom is 0.258 e. The molecule has 2 amide bonds. The fourth-order valence-electron chi connectivity index (χ4n) is 2.33. The maximum absolute atomic E-state index is 11.8. The van der Waals surface area contributed by atoms with Crippen molar-refractivity contribution in [1.82, 2.24) is 10.7 Å². The molecule has 8 heteroatoms. The Kier molecular flexibility index (Phi) is 7.11. The van der Waals surface area contributed by atoms with E-state index in [1.54, 1.807) is 31.2 Å². The summed E-state index contributed by atoms with van der Waals surface area (Å²) in [6.07, 6.45) is 1.60. The van der Waals surface area contributed by atoms with Crippen LogP contribution in [0, 0.1) is 0 Å². The second-order valence-corrected chi connectivity index (χ2v) is 6.38. The lowest BCUT2D eigenvalue weighted by molar-refractivity contribution is -0.159. The number of hydrogen-bond acceptors (Lipinski definition) is 6. The number of carbonyl (C=O) groups is 2. The first kappa shape index (κ1) is 19.9. The normalized spacial score (nSPS) is 16.0. The molecule has 2 rings (SSSR count). The largest absolute Gasteiger partial charge is 0.484 e. The van der Waals surface area contributed by atoms with E-state index < -0.39 is 5.79 Å². The SMILES string of the molecule is CC(C)NC(=O)COc1ccc(/C=N/NC(=O)CC2(C)OCCO2)cc1. The van der Waals surface area contributed by atoms with Crippen molar-refractivity contribution in [3.05, 3.63) is 29.8 Å². The van der Waals surface area contributed by atoms with E-state index in [-0.39, 0.29) is 30.9 Å². The molecule has 0 saturated carbocycles. The molecule has 26 heavy (non-hydrogen) atoms. The molecule has 1 aromatic rings. The summed E-state index contributed by atoms with van der Waals surface area (Å²) in [5.41, 5.74) is 3.22. The molecule has 1 aliphatic heterocycles. The van der Waals surface area contributed by atoms with E-state index in [1.807, 2.05) is 13.8 Å². The highest BCUT2D eigenvalue weighted by atomic mass is 16.7. The molecule has 1 fully saturated rings. The highest BCUT2D eigenvalue weighted by Gasteiger charge is 2.33. The van der Waals surface area contributed by atoms with Gasteiger partial charge in [0, 0.05) is 6.04 Å². The van der Waals surface area contributed by atoms with Crippen molar-refractivity contribution >= 4 is 18.0 Å². The Balaban J connectivity index is 1.74. The predicted octanol–water partition coefficient (Wildman–Crippen LogP) is 1.19. The standard InChI is InChI=1S/C18H25N3O5/c1-13(2)20-17(23)12-24-15-6-4-14(5-7-15)11-19-21-16(22)10-18(3)25-8-9-26-18/h4-7,11,13H,8-10,12H2,1-3H3,(H,20,23)(H,21,22)/b19-11+. The fraction of sp³-hybridized carbons (Fsp3) is 0.500. The van der Waals surface area contributed by atoms with Gasteiger partial charge in [0.1, 0.15) is 5.75 Å². The Bertz CT molecular complexity index is 637. The number of benzene rings is 1. The van der Waals surface area contributed by atoms with E-state index in [4.69, 9.17) is 14.2 Å². The van der Waals surface area contributed by atoms with Crippen molar-refractivity contribution in [3.63, 3.8) is 0 Å². The van der Waals surface area contributed by atoms with Crippen molar-refractivity contribution in [2.45, 2.75) is 39.0 Å². The smallest absolute Gasteiger partial charge is 0.258 e. The van der Waals surface area contributed by atoms with Crippen molar-refractivity contribution < 1.29 is 23.8 Å². The average Bonchev–Trinajstić information content (AvgIpc) is 2.99. The Labute approximate surface area is 152 Å². The van der Waals surface area contributed by atoms with E-state index in [0.29, 0.717) is 19.0 Å². The number of ether oxygens (including phenoxy) is 3. The zero-order valence-electron chi connectivity index (χ0n) is 15.3. The van der Waals surface area contributed by atoms with Gasteiger partial charge >= 0.3 is 0 Å². The van der Waals surface area contributed by atoms with Gasteiger partial charge in [0.2, 0.25) is 5.91 Å². The number of nitrogens with one attached hydrogen (secondary N) is 2. The molecule has 2 N–H and O–H groups in total. The summed E-state index contributed by atoms with van der Waals surface area (Å²) < 4.78 is 16.1. The lowest BCUT2D eigenvalue weighted by atomic mass is 10.2. The lowest BCUT2D eigenvalue weighted by Gasteiger charge is -2.20. The maximum atomic E-state index is 11.8. The van der Waals surface area contributed by atoms with Gasteiger partial charge in [0.05, 0.1) is 25.8 Å². The number of hydrazone groups is 1. The summed E-state index contributed by atoms with van der Waals surface area (Å²) in [7, 11) is 0. The second kappa shape index (κ2) is 9.30. The Morgan fingerprint density at radius 2 is 1.88 bits per heavy atom. The fourth-order valence-corrected chi connectivity index (χ4v) is 2.33. The topological polar surface area (TPSA) is 98.2 Å². The number of amides is 2. The summed E-state index contributed by atoms with van der Waals surface area (Å²) >= 11 is 0. The third kappa shape index (κ3) is 6.81. The van der Waals surface area contributed by atoms with Gasteiger partial charge in [-0.1, -0.05) is 0 Å². The molecule has 1 aromatic carbocycles. The molecule has 1 heterocycles. The molecule has 8 nitrogen and oxygen atoms in total. The van der Waals surface area contributed by atoms with Crippen molar-refractivity contribution in [3.8, 4) is 5.75 Å². The number of rotatable bonds is 8. The van der Waals surface area contributed by atoms with E-state index in [1.165, 1.54) is 6.21 Å². The Morgan fingerprint density at radius 1 is 1.23 bits per heavy atom. The van der Waals surface area contributed by atoms with Gasteiger partial charge in [0.25, 0.3) is 5.91 Å². The van der Waals surface area contributed by atoms with Crippen LogP contribution in [0.15, 0.2) is 29.4 Å². The van der Waals surface area contributed by atoms with Gasteiger partial charge in [-0.2, -0.15) is 5.10 Å². The van der Waals surface area contributed by atoms with Crippen LogP contribution in [0.5, 0.6) is 5.75 Å². The van der Waals surface area contributed by atoms with Crippen LogP contribution in [0.25, 0.3) is 0 Å². The highest BCUT2D eigenvalue weighted by molar-refractivity contribution is 5.82. The summed E-state index contributed by atoms with van der Waals surface area (Å²) in [6.45, 7) is 6.44. The van der Waals surface area contributed by atoms with Crippen LogP contribution < -0.4 is 15.5 Å². The molecule has 0 radical (unpaired) electrons. The van der Waals surface area contributed by atoms with Crippen LogP contribution >= 0.6 is 0 Å². The Morgan fingerprint density at radius 3 is 2.50 bits per heavy atom. The summed E-state index contributed by atoms with van der Waals surface area (Å²) in [4.78, 5) is 23.4. The van der Waals surface area contributed by atoms with Crippen LogP contribution in [0.1, 0.15) is 32.8 Å². The van der Waals surface area contributed by atoms with Gasteiger partial charge in [-0.05, 0) is 50.6 Å². The number of carbonyl (C=O) groups excluding carboxylic acids is 2. The first-order valence-corrected chi connectivity index (χ1v) is 8.48. The molecule has 0 atom stereocenters. The summed E-state index contributed by atoms with van der Waals surface area (Å²) in [6, 6.07) is 7.08. The van der Waals surface area contributed by atoms with Crippen LogP contribution in [-0.2, 0) is 19.1 Å². The lowest BCUT2D eigenvalue weighted by Crippen LogP contribution is -2.34. The zero-order chi connectivity index (χ0) is 19.0. The molecular weight excluding hydrogens is 338 g/mol. The molecular formula is C18H25N3O5. The second-order valence-electron chi connectivity index (χ2n) is 6.38. The minimum Gasteiger partial charge on any atom is -0.484 e. The van der Waals surface area contributed by atoms with Gasteiger partial charge in [0.15, 0.2) is 12.4 Å². The first-order valence-electron chi connectivity index (χ1n) is 8.48. The third-order valence-corrected chi connectivity index (χ3v) is 3.48. The van der Waals surface area contributed by atoms with Gasteiger partial charge in [-0.3, -0.25) is 9.59 Å². The number of nitrogens with zero attached hydrogens (tertiary/aromatic N) is 1. The molecule has 142 valence electrons. The average molecular weight is 363 g/mol. The minimum atomic E-state index is -0.875. The predicted molar refractivity (Wildman–Crippen MR) is 95.9 cm³/mol. The molecule has 0 aromatic heterocycles. The number of hydrogen-bond donors (Lipinski definition) is 2. The summed E-state index contributed by atoms with van der Waals surface area (Å²) in [5, 5.41) is 6.66. The third-order valence-electron chi connectivity index (χ3n) is 3.48. The van der Waals surface area contributed by atoms with Gasteiger partial charge < -0.3 is 19.5 Å². The van der Waals surface area contributed by atoms with E-state index >= 15 is 0 Å². The van der Waals surface area contributed by atoms with E-state index in [0.717, 1.165) is 5.56 Å². The van der Waals surface area contributed by atoms with Crippen LogP contribution in [-0.4, -0.2) is 49.7 Å². The highest BCUT2D eigenvalue weighted by Crippen LogP contribution is 2.22. The van der Waals surface area contributed by atoms with Gasteiger partial charge in [-0.25, -0.2) is 5.43 Å². The van der Waals surface area contributed by atoms with Gasteiger partial charge in [-0.15, -0.1) is 0 Å². The zero-order valence-corrected chi connectivity index (χ0v) is 15.3. The first-order chi connectivity index (χ1) is 12.4. The quantitative estimate of drug-likeness (QED) is 0.534. The van der Waals surface area contributed by atoms with E-state index in [9.17, 15) is 9.59 Å². The Hall–Kier alpha value is -2.45. The summed E-state index contributed by atoms with van der Waals surface area (Å²) in [5.74, 6) is -0.756. The monoisotopic (exact) mass is 363 g/mol. The van der Waals surface area contributed by atoms with Crippen molar-refractivity contribution in [1.29, 1.82) is 0 Å².